The molecule has 1 fully saturated rings. The lowest BCUT2D eigenvalue weighted by molar-refractivity contribution is -0.120. The fraction of sp³-hybridized carbons (Fsp3) is 0.909. The number of nitrogens with two attached hydrogens (primary N) is 1. The Labute approximate surface area is 86.4 Å². The van der Waals surface area contributed by atoms with E-state index in [1.807, 2.05) is 6.92 Å². The minimum Gasteiger partial charge on any atom is -0.368 e. The Bertz CT molecular complexity index is 176. The summed E-state index contributed by atoms with van der Waals surface area (Å²) >= 11 is 0. The molecule has 82 valence electrons. The largest absolute Gasteiger partial charge is 0.368 e. The predicted octanol–water partition coefficient (Wildman–Crippen LogP) is 1.42. The fourth-order valence-corrected chi connectivity index (χ4v) is 2.15. The summed E-state index contributed by atoms with van der Waals surface area (Å²) in [7, 11) is 0. The van der Waals surface area contributed by atoms with E-state index in [2.05, 4.69) is 5.32 Å². The number of amides is 1. The number of primary amides is 1. The molecule has 0 aromatic heterocycles. The van der Waals surface area contributed by atoms with Crippen LogP contribution in [0.2, 0.25) is 0 Å². The average Bonchev–Trinajstić information content (AvgIpc) is 2.20. The quantitative estimate of drug-likeness (QED) is 0.702. The van der Waals surface area contributed by atoms with Gasteiger partial charge in [-0.1, -0.05) is 26.2 Å². The molecule has 0 aromatic rings. The first kappa shape index (κ1) is 11.5. The second-order valence-electron chi connectivity index (χ2n) is 4.28. The third-order valence-corrected chi connectivity index (χ3v) is 3.13. The lowest BCUT2D eigenvalue weighted by atomic mass is 9.89. The highest BCUT2D eigenvalue weighted by Gasteiger charge is 2.17. The minimum atomic E-state index is -0.219. The lowest BCUT2D eigenvalue weighted by Gasteiger charge is -2.23. The number of carbonyl (C=O) groups is 1. The zero-order chi connectivity index (χ0) is 10.4. The van der Waals surface area contributed by atoms with Crippen LogP contribution in [0.15, 0.2) is 0 Å². The molecular weight excluding hydrogens is 176 g/mol. The first-order chi connectivity index (χ1) is 6.74. The molecule has 3 heteroatoms. The van der Waals surface area contributed by atoms with Crippen LogP contribution in [0.1, 0.15) is 45.4 Å². The van der Waals surface area contributed by atoms with Crippen molar-refractivity contribution in [1.29, 1.82) is 0 Å². The van der Waals surface area contributed by atoms with Crippen LogP contribution >= 0.6 is 0 Å². The van der Waals surface area contributed by atoms with Gasteiger partial charge < -0.3 is 11.1 Å². The molecule has 0 heterocycles. The Morgan fingerprint density at radius 2 is 2.07 bits per heavy atom. The van der Waals surface area contributed by atoms with E-state index in [4.69, 9.17) is 5.73 Å². The summed E-state index contributed by atoms with van der Waals surface area (Å²) in [5, 5.41) is 3.26. The van der Waals surface area contributed by atoms with E-state index in [1.54, 1.807) is 0 Å². The summed E-state index contributed by atoms with van der Waals surface area (Å²) in [5.41, 5.74) is 5.26. The van der Waals surface area contributed by atoms with E-state index >= 15 is 0 Å². The molecule has 1 atom stereocenters. The van der Waals surface area contributed by atoms with E-state index in [-0.39, 0.29) is 11.9 Å². The molecule has 1 rings (SSSR count). The molecule has 1 unspecified atom stereocenters. The van der Waals surface area contributed by atoms with Crippen molar-refractivity contribution in [2.24, 2.45) is 11.7 Å². The highest BCUT2D eigenvalue weighted by atomic mass is 16.1. The van der Waals surface area contributed by atoms with Crippen molar-refractivity contribution in [2.45, 2.75) is 51.5 Å². The van der Waals surface area contributed by atoms with Crippen LogP contribution in [0.3, 0.4) is 0 Å². The molecule has 1 amide bonds. The van der Waals surface area contributed by atoms with Crippen LogP contribution in [-0.2, 0) is 4.79 Å². The first-order valence-corrected chi connectivity index (χ1v) is 5.76. The van der Waals surface area contributed by atoms with Gasteiger partial charge in [-0.15, -0.1) is 0 Å². The molecule has 1 aliphatic carbocycles. The topological polar surface area (TPSA) is 55.1 Å². The minimum absolute atomic E-state index is 0.128. The summed E-state index contributed by atoms with van der Waals surface area (Å²) in [6.45, 7) is 2.95. The Morgan fingerprint density at radius 1 is 1.43 bits per heavy atom. The molecule has 0 aliphatic heterocycles. The van der Waals surface area contributed by atoms with E-state index in [1.165, 1.54) is 32.1 Å². The van der Waals surface area contributed by atoms with Crippen LogP contribution in [0, 0.1) is 5.92 Å². The standard InChI is InChI=1S/C11H22N2O/c1-2-10(11(12)14)13-8-9-6-4-3-5-7-9/h9-10,13H,2-8H2,1H3,(H2,12,14). The Morgan fingerprint density at radius 3 is 2.57 bits per heavy atom. The molecule has 1 aliphatic rings. The van der Waals surface area contributed by atoms with Crippen molar-refractivity contribution < 1.29 is 4.79 Å². The number of hydrogen-bond acceptors (Lipinski definition) is 2. The lowest BCUT2D eigenvalue weighted by Crippen LogP contribution is -2.43. The van der Waals surface area contributed by atoms with Gasteiger partial charge in [-0.2, -0.15) is 0 Å². The maximum Gasteiger partial charge on any atom is 0.234 e. The normalized spacial score (nSPS) is 20.6. The zero-order valence-corrected chi connectivity index (χ0v) is 9.09. The van der Waals surface area contributed by atoms with Crippen molar-refractivity contribution in [3.05, 3.63) is 0 Å². The predicted molar refractivity (Wildman–Crippen MR) is 57.9 cm³/mol. The van der Waals surface area contributed by atoms with Crippen LogP contribution in [0.4, 0.5) is 0 Å². The molecule has 0 radical (unpaired) electrons. The van der Waals surface area contributed by atoms with E-state index < -0.39 is 0 Å². The summed E-state index contributed by atoms with van der Waals surface area (Å²) in [6, 6.07) is -0.128. The maximum atomic E-state index is 11.0. The van der Waals surface area contributed by atoms with Crippen LogP contribution in [-0.4, -0.2) is 18.5 Å². The molecular formula is C11H22N2O. The molecule has 0 bridgehead atoms. The third kappa shape index (κ3) is 3.66. The van der Waals surface area contributed by atoms with Crippen molar-refractivity contribution in [3.63, 3.8) is 0 Å². The van der Waals surface area contributed by atoms with Crippen molar-refractivity contribution >= 4 is 5.91 Å². The zero-order valence-electron chi connectivity index (χ0n) is 9.09. The average molecular weight is 198 g/mol. The maximum absolute atomic E-state index is 11.0. The monoisotopic (exact) mass is 198 g/mol. The van der Waals surface area contributed by atoms with Crippen LogP contribution < -0.4 is 11.1 Å². The molecule has 1 saturated carbocycles. The number of hydrogen-bond donors (Lipinski definition) is 2. The van der Waals surface area contributed by atoms with Crippen molar-refractivity contribution in [3.8, 4) is 0 Å². The molecule has 0 spiro atoms. The Hall–Kier alpha value is -0.570. The summed E-state index contributed by atoms with van der Waals surface area (Å²) in [5.74, 6) is 0.542. The Kier molecular flexibility index (Phi) is 4.94. The van der Waals surface area contributed by atoms with Crippen molar-refractivity contribution in [1.82, 2.24) is 5.32 Å². The number of carbonyl (C=O) groups excluding carboxylic acids is 1. The molecule has 14 heavy (non-hydrogen) atoms. The number of rotatable bonds is 5. The van der Waals surface area contributed by atoms with Gasteiger partial charge in [0.05, 0.1) is 6.04 Å². The van der Waals surface area contributed by atoms with Gasteiger partial charge in [0.2, 0.25) is 5.91 Å². The Balaban J connectivity index is 2.20. The van der Waals surface area contributed by atoms with E-state index in [0.29, 0.717) is 0 Å². The fourth-order valence-electron chi connectivity index (χ4n) is 2.15. The van der Waals surface area contributed by atoms with Gasteiger partial charge in [-0.05, 0) is 31.7 Å². The molecule has 3 N–H and O–H groups in total. The third-order valence-electron chi connectivity index (χ3n) is 3.13. The highest BCUT2D eigenvalue weighted by molar-refractivity contribution is 5.79. The SMILES string of the molecule is CCC(NCC1CCCCC1)C(N)=O. The first-order valence-electron chi connectivity index (χ1n) is 5.76. The van der Waals surface area contributed by atoms with Crippen LogP contribution in [0.5, 0.6) is 0 Å². The van der Waals surface area contributed by atoms with Gasteiger partial charge in [0.1, 0.15) is 0 Å². The number of nitrogens with one attached hydrogen (secondary N) is 1. The van der Waals surface area contributed by atoms with E-state index in [0.717, 1.165) is 18.9 Å². The second-order valence-corrected chi connectivity index (χ2v) is 4.28. The van der Waals surface area contributed by atoms with Gasteiger partial charge in [0.25, 0.3) is 0 Å². The summed E-state index contributed by atoms with van der Waals surface area (Å²) < 4.78 is 0. The van der Waals surface area contributed by atoms with Crippen LogP contribution in [0.25, 0.3) is 0 Å². The molecule has 0 saturated heterocycles. The smallest absolute Gasteiger partial charge is 0.234 e. The second kappa shape index (κ2) is 6.02. The van der Waals surface area contributed by atoms with Gasteiger partial charge >= 0.3 is 0 Å². The van der Waals surface area contributed by atoms with Gasteiger partial charge in [-0.3, -0.25) is 4.79 Å². The van der Waals surface area contributed by atoms with E-state index in [9.17, 15) is 4.79 Å². The summed E-state index contributed by atoms with van der Waals surface area (Å²) in [6.07, 6.45) is 7.48. The van der Waals surface area contributed by atoms with Gasteiger partial charge in [0, 0.05) is 0 Å². The molecule has 0 aromatic carbocycles. The highest BCUT2D eigenvalue weighted by Crippen LogP contribution is 2.22. The van der Waals surface area contributed by atoms with Crippen molar-refractivity contribution in [2.75, 3.05) is 6.54 Å². The molecule has 3 nitrogen and oxygen atoms in total. The summed E-state index contributed by atoms with van der Waals surface area (Å²) in [4.78, 5) is 11.0. The van der Waals surface area contributed by atoms with Gasteiger partial charge in [0.15, 0.2) is 0 Å². The van der Waals surface area contributed by atoms with Gasteiger partial charge in [-0.25, -0.2) is 0 Å².